The summed E-state index contributed by atoms with van der Waals surface area (Å²) >= 11 is 0. The molecule has 19 heavy (non-hydrogen) atoms. The summed E-state index contributed by atoms with van der Waals surface area (Å²) in [5, 5.41) is 8.98. The van der Waals surface area contributed by atoms with Crippen LogP contribution in [-0.4, -0.2) is 6.04 Å². The lowest BCUT2D eigenvalue weighted by Crippen LogP contribution is -2.00. The molecule has 0 fully saturated rings. The molecule has 2 heteroatoms. The molecule has 0 aliphatic carbocycles. The summed E-state index contributed by atoms with van der Waals surface area (Å²) in [6.45, 7) is 4.22. The molecule has 2 rings (SSSR count). The van der Waals surface area contributed by atoms with E-state index >= 15 is 0 Å². The van der Waals surface area contributed by atoms with Crippen LogP contribution in [0.2, 0.25) is 0 Å². The summed E-state index contributed by atoms with van der Waals surface area (Å²) in [6, 6.07) is 20.9. The molecule has 0 saturated heterocycles. The summed E-state index contributed by atoms with van der Waals surface area (Å²) in [6.07, 6.45) is 1.01. The van der Waals surface area contributed by atoms with Crippen molar-refractivity contribution in [1.82, 2.24) is 0 Å². The highest BCUT2D eigenvalue weighted by Gasteiger charge is 2.12. The van der Waals surface area contributed by atoms with Crippen LogP contribution in [0.15, 0.2) is 70.9 Å². The van der Waals surface area contributed by atoms with Gasteiger partial charge in [0, 0.05) is 0 Å². The first-order valence-electron chi connectivity index (χ1n) is 6.81. The van der Waals surface area contributed by atoms with Crippen LogP contribution in [0, 0.1) is 0 Å². The van der Waals surface area contributed by atoms with E-state index in [0.29, 0.717) is 0 Å². The van der Waals surface area contributed by atoms with Crippen molar-refractivity contribution >= 4 is 0 Å². The van der Waals surface area contributed by atoms with Gasteiger partial charge in [-0.1, -0.05) is 67.6 Å². The lowest BCUT2D eigenvalue weighted by molar-refractivity contribution is 0.633. The predicted molar refractivity (Wildman–Crippen MR) is 79.3 cm³/mol. The van der Waals surface area contributed by atoms with E-state index in [1.54, 1.807) is 0 Å². The van der Waals surface area contributed by atoms with Crippen molar-refractivity contribution in [3.63, 3.8) is 0 Å². The molecule has 0 radical (unpaired) electrons. The number of hydrogen-bond donors (Lipinski definition) is 0. The molecule has 0 aromatic heterocycles. The van der Waals surface area contributed by atoms with Gasteiger partial charge in [0.25, 0.3) is 0 Å². The molecule has 0 aliphatic rings. The number of benzene rings is 2. The molecule has 1 unspecified atom stereocenters. The van der Waals surface area contributed by atoms with E-state index in [1.165, 1.54) is 11.1 Å². The molecule has 0 aliphatic heterocycles. The lowest BCUT2D eigenvalue weighted by Gasteiger charge is -2.13. The van der Waals surface area contributed by atoms with E-state index in [0.717, 1.165) is 6.42 Å². The zero-order chi connectivity index (χ0) is 13.5. The fourth-order valence-electron chi connectivity index (χ4n) is 1.86. The van der Waals surface area contributed by atoms with Crippen molar-refractivity contribution in [3.05, 3.63) is 71.8 Å². The predicted octanol–water partition coefficient (Wildman–Crippen LogP) is 5.03. The lowest BCUT2D eigenvalue weighted by atomic mass is 10.00. The molecule has 98 valence electrons. The van der Waals surface area contributed by atoms with Crippen molar-refractivity contribution in [3.8, 4) is 0 Å². The highest BCUT2D eigenvalue weighted by molar-refractivity contribution is 5.31. The summed E-state index contributed by atoms with van der Waals surface area (Å²) < 4.78 is 0. The van der Waals surface area contributed by atoms with Crippen LogP contribution in [0.4, 0.5) is 0 Å². The summed E-state index contributed by atoms with van der Waals surface area (Å²) in [5.41, 5.74) is 2.36. The van der Waals surface area contributed by atoms with Gasteiger partial charge in [0.05, 0.1) is 6.04 Å². The van der Waals surface area contributed by atoms with E-state index in [9.17, 15) is 0 Å². The zero-order valence-electron chi connectivity index (χ0n) is 11.5. The largest absolute Gasteiger partial charge is 0.190 e. The van der Waals surface area contributed by atoms with Gasteiger partial charge in [0.1, 0.15) is 6.04 Å². The van der Waals surface area contributed by atoms with E-state index in [2.05, 4.69) is 48.3 Å². The average Bonchev–Trinajstić information content (AvgIpc) is 2.49. The summed E-state index contributed by atoms with van der Waals surface area (Å²) in [5.74, 6) is 0. The third-order valence-corrected chi connectivity index (χ3v) is 3.20. The van der Waals surface area contributed by atoms with Gasteiger partial charge >= 0.3 is 0 Å². The van der Waals surface area contributed by atoms with E-state index in [4.69, 9.17) is 0 Å². The Kier molecular flexibility index (Phi) is 4.85. The minimum absolute atomic E-state index is 0.00333. The second kappa shape index (κ2) is 6.83. The maximum Gasteiger partial charge on any atom is 0.121 e. The normalized spacial score (nSPS) is 13.0. The minimum Gasteiger partial charge on any atom is -0.190 e. The molecule has 1 atom stereocenters. The van der Waals surface area contributed by atoms with Crippen LogP contribution in [0.1, 0.15) is 37.4 Å². The first kappa shape index (κ1) is 13.5. The van der Waals surface area contributed by atoms with Crippen LogP contribution < -0.4 is 0 Å². The maximum absolute atomic E-state index is 4.56. The van der Waals surface area contributed by atoms with Gasteiger partial charge in [-0.05, 0) is 24.5 Å². The van der Waals surface area contributed by atoms with Crippen molar-refractivity contribution in [1.29, 1.82) is 0 Å². The Morgan fingerprint density at radius 1 is 0.789 bits per heavy atom. The molecular formula is C17H20N2. The van der Waals surface area contributed by atoms with Gasteiger partial charge in [-0.2, -0.15) is 10.2 Å². The van der Waals surface area contributed by atoms with Gasteiger partial charge in [0.2, 0.25) is 0 Å². The third-order valence-electron chi connectivity index (χ3n) is 3.20. The number of hydrogen-bond acceptors (Lipinski definition) is 2. The van der Waals surface area contributed by atoms with Gasteiger partial charge in [-0.25, -0.2) is 0 Å². The smallest absolute Gasteiger partial charge is 0.121 e. The summed E-state index contributed by atoms with van der Waals surface area (Å²) in [4.78, 5) is 0. The molecule has 0 bridgehead atoms. The van der Waals surface area contributed by atoms with Crippen molar-refractivity contribution in [2.24, 2.45) is 10.2 Å². The minimum atomic E-state index is -0.00333. The number of nitrogens with zero attached hydrogens (tertiary/aromatic N) is 2. The van der Waals surface area contributed by atoms with Gasteiger partial charge in [-0.15, -0.1) is 0 Å². The highest BCUT2D eigenvalue weighted by Crippen LogP contribution is 2.26. The molecule has 0 spiro atoms. The van der Waals surface area contributed by atoms with Crippen molar-refractivity contribution in [2.45, 2.75) is 32.4 Å². The molecule has 0 saturated carbocycles. The molecule has 2 aromatic carbocycles. The quantitative estimate of drug-likeness (QED) is 0.667. The molecular weight excluding hydrogens is 232 g/mol. The fraction of sp³-hybridized carbons (Fsp3) is 0.294. The monoisotopic (exact) mass is 252 g/mol. The van der Waals surface area contributed by atoms with Gasteiger partial charge in [-0.3, -0.25) is 0 Å². The third kappa shape index (κ3) is 3.75. The Hall–Kier alpha value is -1.96. The molecule has 0 amide bonds. The Morgan fingerprint density at radius 3 is 1.68 bits per heavy atom. The average molecular weight is 252 g/mol. The van der Waals surface area contributed by atoms with Gasteiger partial charge in [0.15, 0.2) is 0 Å². The Balaban J connectivity index is 2.32. The second-order valence-corrected chi connectivity index (χ2v) is 4.71. The Bertz CT molecular complexity index is 466. The standard InChI is InChI=1S/C17H20N2/c1-3-14(2)18-19-17(15-10-6-4-7-11-15)16-12-8-5-9-13-16/h4-14,17H,3H2,1-2H3. The van der Waals surface area contributed by atoms with Crippen molar-refractivity contribution in [2.75, 3.05) is 0 Å². The zero-order valence-corrected chi connectivity index (χ0v) is 11.5. The molecule has 2 nitrogen and oxygen atoms in total. The number of rotatable bonds is 5. The van der Waals surface area contributed by atoms with E-state index < -0.39 is 0 Å². The summed E-state index contributed by atoms with van der Waals surface area (Å²) in [7, 11) is 0. The highest BCUT2D eigenvalue weighted by atomic mass is 15.1. The van der Waals surface area contributed by atoms with Crippen LogP contribution in [0.3, 0.4) is 0 Å². The van der Waals surface area contributed by atoms with Crippen LogP contribution in [0.5, 0.6) is 0 Å². The van der Waals surface area contributed by atoms with Crippen molar-refractivity contribution < 1.29 is 0 Å². The SMILES string of the molecule is CCC(C)N=NC(c1ccccc1)c1ccccc1. The van der Waals surface area contributed by atoms with Crippen LogP contribution >= 0.6 is 0 Å². The molecule has 2 aromatic rings. The topological polar surface area (TPSA) is 24.7 Å². The molecule has 0 N–H and O–H groups in total. The number of azo groups is 1. The first-order chi connectivity index (χ1) is 9.31. The first-order valence-corrected chi connectivity index (χ1v) is 6.81. The van der Waals surface area contributed by atoms with E-state index in [1.807, 2.05) is 36.4 Å². The Labute approximate surface area is 115 Å². The van der Waals surface area contributed by atoms with E-state index in [-0.39, 0.29) is 12.1 Å². The van der Waals surface area contributed by atoms with Gasteiger partial charge < -0.3 is 0 Å². The maximum atomic E-state index is 4.56. The van der Waals surface area contributed by atoms with Crippen LogP contribution in [0.25, 0.3) is 0 Å². The van der Waals surface area contributed by atoms with Crippen LogP contribution in [-0.2, 0) is 0 Å². The molecule has 0 heterocycles. The fourth-order valence-corrected chi connectivity index (χ4v) is 1.86. The second-order valence-electron chi connectivity index (χ2n) is 4.71. The Morgan fingerprint density at radius 2 is 1.26 bits per heavy atom.